The zero-order valence-corrected chi connectivity index (χ0v) is 14.7. The molecule has 6 nitrogen and oxygen atoms in total. The second-order valence-electron chi connectivity index (χ2n) is 5.64. The molecular weight excluding hydrogens is 320 g/mol. The maximum atomic E-state index is 12.5. The molecule has 1 amide bonds. The number of nitrogens with zero attached hydrogens (tertiary/aromatic N) is 1. The lowest BCUT2D eigenvalue weighted by atomic mass is 10.1. The van der Waals surface area contributed by atoms with Crippen LogP contribution in [-0.2, 0) is 13.0 Å². The lowest BCUT2D eigenvalue weighted by molar-refractivity contribution is 0.0945. The Morgan fingerprint density at radius 3 is 2.68 bits per heavy atom. The summed E-state index contributed by atoms with van der Waals surface area (Å²) in [6, 6.07) is 9.42. The summed E-state index contributed by atoms with van der Waals surface area (Å²) in [6.45, 7) is 3.25. The molecule has 0 fully saturated rings. The Labute approximate surface area is 146 Å². The smallest absolute Gasteiger partial charge is 0.268 e. The van der Waals surface area contributed by atoms with Gasteiger partial charge in [0.2, 0.25) is 0 Å². The van der Waals surface area contributed by atoms with E-state index in [1.54, 1.807) is 26.5 Å². The Morgan fingerprint density at radius 2 is 1.96 bits per heavy atom. The van der Waals surface area contributed by atoms with E-state index in [9.17, 15) is 4.79 Å². The number of benzene rings is 1. The van der Waals surface area contributed by atoms with Gasteiger partial charge in [0.1, 0.15) is 5.69 Å². The van der Waals surface area contributed by atoms with E-state index in [-0.39, 0.29) is 5.91 Å². The van der Waals surface area contributed by atoms with Crippen LogP contribution in [0.1, 0.15) is 23.0 Å². The monoisotopic (exact) mass is 342 g/mol. The van der Waals surface area contributed by atoms with E-state index in [4.69, 9.17) is 13.9 Å². The van der Waals surface area contributed by atoms with Gasteiger partial charge in [0, 0.05) is 25.2 Å². The van der Waals surface area contributed by atoms with E-state index in [0.717, 1.165) is 16.7 Å². The maximum Gasteiger partial charge on any atom is 0.268 e. The fraction of sp³-hybridized carbons (Fsp3) is 0.316. The van der Waals surface area contributed by atoms with E-state index in [2.05, 4.69) is 5.32 Å². The van der Waals surface area contributed by atoms with Crippen molar-refractivity contribution in [3.63, 3.8) is 0 Å². The van der Waals surface area contributed by atoms with E-state index < -0.39 is 0 Å². The zero-order valence-electron chi connectivity index (χ0n) is 14.7. The molecule has 1 aromatic carbocycles. The van der Waals surface area contributed by atoms with Gasteiger partial charge in [0.05, 0.1) is 26.0 Å². The molecule has 0 bridgehead atoms. The molecule has 2 heterocycles. The largest absolute Gasteiger partial charge is 0.493 e. The van der Waals surface area contributed by atoms with Crippen LogP contribution in [0.4, 0.5) is 0 Å². The van der Waals surface area contributed by atoms with Crippen LogP contribution in [-0.4, -0.2) is 31.2 Å². The van der Waals surface area contributed by atoms with Crippen LogP contribution in [0.5, 0.6) is 11.5 Å². The normalized spacial score (nSPS) is 10.8. The van der Waals surface area contributed by atoms with Crippen LogP contribution in [0.25, 0.3) is 11.1 Å². The molecule has 3 aromatic rings. The molecule has 0 saturated carbocycles. The second kappa shape index (κ2) is 7.34. The van der Waals surface area contributed by atoms with Crippen LogP contribution in [0.3, 0.4) is 0 Å². The van der Waals surface area contributed by atoms with Crippen molar-refractivity contribution in [3.05, 3.63) is 47.9 Å². The summed E-state index contributed by atoms with van der Waals surface area (Å²) in [5.74, 6) is 1.28. The lowest BCUT2D eigenvalue weighted by Crippen LogP contribution is -2.27. The number of ether oxygens (including phenoxy) is 2. The summed E-state index contributed by atoms with van der Waals surface area (Å²) in [4.78, 5) is 12.5. The predicted molar refractivity (Wildman–Crippen MR) is 95.5 cm³/mol. The van der Waals surface area contributed by atoms with Gasteiger partial charge < -0.3 is 23.8 Å². The quantitative estimate of drug-likeness (QED) is 0.716. The van der Waals surface area contributed by atoms with Gasteiger partial charge in [-0.05, 0) is 31.0 Å². The van der Waals surface area contributed by atoms with Crippen molar-refractivity contribution in [2.24, 2.45) is 0 Å². The van der Waals surface area contributed by atoms with Crippen molar-refractivity contribution in [2.75, 3.05) is 20.8 Å². The number of hydrogen-bond acceptors (Lipinski definition) is 4. The third-order valence-electron chi connectivity index (χ3n) is 4.22. The molecule has 0 aliphatic rings. The number of nitrogens with one attached hydrogen (secondary N) is 1. The highest BCUT2D eigenvalue weighted by Gasteiger charge is 2.16. The highest BCUT2D eigenvalue weighted by atomic mass is 16.5. The summed E-state index contributed by atoms with van der Waals surface area (Å²) in [5, 5.41) is 2.97. The molecule has 0 unspecified atom stereocenters. The molecule has 6 heteroatoms. The van der Waals surface area contributed by atoms with Gasteiger partial charge in [-0.3, -0.25) is 4.79 Å². The molecule has 0 aliphatic heterocycles. The van der Waals surface area contributed by atoms with E-state index in [0.29, 0.717) is 36.7 Å². The van der Waals surface area contributed by atoms with Gasteiger partial charge in [0.15, 0.2) is 17.1 Å². The van der Waals surface area contributed by atoms with Crippen molar-refractivity contribution < 1.29 is 18.7 Å². The Kier molecular flexibility index (Phi) is 4.97. The van der Waals surface area contributed by atoms with E-state index in [1.807, 2.05) is 35.8 Å². The van der Waals surface area contributed by atoms with Crippen LogP contribution in [0.15, 0.2) is 41.0 Å². The van der Waals surface area contributed by atoms with E-state index >= 15 is 0 Å². The number of hydrogen-bond donors (Lipinski definition) is 1. The standard InChI is InChI=1S/C19H22N2O4/c1-4-21-14-8-10-25-17(14)12-15(21)19(22)20-9-7-13-5-6-16(23-2)18(11-13)24-3/h5-6,8,10-12H,4,7,9H2,1-3H3,(H,20,22). The number of carbonyl (C=O) groups excluding carboxylic acids is 1. The van der Waals surface area contributed by atoms with Crippen molar-refractivity contribution in [1.29, 1.82) is 0 Å². The van der Waals surface area contributed by atoms with Gasteiger partial charge in [-0.1, -0.05) is 6.07 Å². The zero-order chi connectivity index (χ0) is 17.8. The number of rotatable bonds is 7. The molecule has 3 rings (SSSR count). The highest BCUT2D eigenvalue weighted by Crippen LogP contribution is 2.27. The summed E-state index contributed by atoms with van der Waals surface area (Å²) < 4.78 is 17.9. The topological polar surface area (TPSA) is 65.6 Å². The minimum absolute atomic E-state index is 0.103. The van der Waals surface area contributed by atoms with Gasteiger partial charge in [0.25, 0.3) is 5.91 Å². The van der Waals surface area contributed by atoms with Crippen LogP contribution >= 0.6 is 0 Å². The summed E-state index contributed by atoms with van der Waals surface area (Å²) in [7, 11) is 3.22. The predicted octanol–water partition coefficient (Wildman–Crippen LogP) is 3.24. The minimum atomic E-state index is -0.103. The molecule has 0 spiro atoms. The second-order valence-corrected chi connectivity index (χ2v) is 5.64. The van der Waals surface area contributed by atoms with Crippen molar-refractivity contribution in [1.82, 2.24) is 9.88 Å². The number of methoxy groups -OCH3 is 2. The maximum absolute atomic E-state index is 12.5. The fourth-order valence-electron chi connectivity index (χ4n) is 2.95. The van der Waals surface area contributed by atoms with Gasteiger partial charge in [-0.15, -0.1) is 0 Å². The first-order valence-corrected chi connectivity index (χ1v) is 8.23. The first-order valence-electron chi connectivity index (χ1n) is 8.23. The third kappa shape index (κ3) is 3.33. The Bertz CT molecular complexity index is 879. The number of furan rings is 1. The minimum Gasteiger partial charge on any atom is -0.493 e. The highest BCUT2D eigenvalue weighted by molar-refractivity contribution is 5.97. The molecule has 1 N–H and O–H groups in total. The number of aromatic nitrogens is 1. The lowest BCUT2D eigenvalue weighted by Gasteiger charge is -2.11. The first kappa shape index (κ1) is 17.0. The van der Waals surface area contributed by atoms with Gasteiger partial charge in [-0.2, -0.15) is 0 Å². The number of fused-ring (bicyclic) bond motifs is 1. The molecule has 132 valence electrons. The molecule has 25 heavy (non-hydrogen) atoms. The van der Waals surface area contributed by atoms with Gasteiger partial charge >= 0.3 is 0 Å². The Hall–Kier alpha value is -2.89. The fourth-order valence-corrected chi connectivity index (χ4v) is 2.95. The van der Waals surface area contributed by atoms with Crippen LogP contribution in [0.2, 0.25) is 0 Å². The molecule has 0 atom stereocenters. The number of aryl methyl sites for hydroxylation is 1. The Balaban J connectivity index is 1.65. The Morgan fingerprint density at radius 1 is 1.16 bits per heavy atom. The third-order valence-corrected chi connectivity index (χ3v) is 4.22. The van der Waals surface area contributed by atoms with Crippen molar-refractivity contribution in [2.45, 2.75) is 19.9 Å². The molecule has 0 saturated heterocycles. The van der Waals surface area contributed by atoms with E-state index in [1.165, 1.54) is 0 Å². The molecule has 0 aliphatic carbocycles. The molecular formula is C19H22N2O4. The van der Waals surface area contributed by atoms with Gasteiger partial charge in [-0.25, -0.2) is 0 Å². The first-order chi connectivity index (χ1) is 12.2. The average Bonchev–Trinajstić information content (AvgIpc) is 3.22. The summed E-state index contributed by atoms with van der Waals surface area (Å²) in [6.07, 6.45) is 2.34. The van der Waals surface area contributed by atoms with Crippen molar-refractivity contribution in [3.8, 4) is 11.5 Å². The summed E-state index contributed by atoms with van der Waals surface area (Å²) >= 11 is 0. The summed E-state index contributed by atoms with van der Waals surface area (Å²) in [5.41, 5.74) is 3.35. The number of amides is 1. The average molecular weight is 342 g/mol. The van der Waals surface area contributed by atoms with Crippen LogP contribution < -0.4 is 14.8 Å². The number of carbonyl (C=O) groups is 1. The van der Waals surface area contributed by atoms with Crippen molar-refractivity contribution >= 4 is 17.0 Å². The van der Waals surface area contributed by atoms with Crippen LogP contribution in [0, 0.1) is 0 Å². The molecule has 0 radical (unpaired) electrons. The molecule has 2 aromatic heterocycles. The SMILES string of the molecule is CCn1c(C(=O)NCCc2ccc(OC)c(OC)c2)cc2occc21.